The number of rotatable bonds is 3. The maximum Gasteiger partial charge on any atom is 0.401 e. The average Bonchev–Trinajstić information content (AvgIpc) is 1.93. The summed E-state index contributed by atoms with van der Waals surface area (Å²) in [7, 11) is 0. The largest absolute Gasteiger partial charge is 0.401 e. The van der Waals surface area contributed by atoms with Gasteiger partial charge in [0.05, 0.1) is 0 Å². The molecule has 0 rings (SSSR count). The van der Waals surface area contributed by atoms with Gasteiger partial charge in [0.1, 0.15) is 0 Å². The zero-order valence-corrected chi connectivity index (χ0v) is 9.91. The van der Waals surface area contributed by atoms with E-state index in [0.717, 1.165) is 0 Å². The number of alkyl halides is 6. The van der Waals surface area contributed by atoms with Gasteiger partial charge in [-0.25, -0.2) is 0 Å². The van der Waals surface area contributed by atoms with Crippen molar-refractivity contribution >= 4 is 0 Å². The van der Waals surface area contributed by atoms with Crippen molar-refractivity contribution in [3.8, 4) is 0 Å². The Bertz CT molecular complexity index is 223. The summed E-state index contributed by atoms with van der Waals surface area (Å²) < 4.78 is 73.7. The number of halogens is 6. The van der Waals surface area contributed by atoms with Gasteiger partial charge >= 0.3 is 12.4 Å². The molecule has 0 amide bonds. The predicted molar refractivity (Wildman–Crippen MR) is 52.3 cm³/mol. The molecule has 0 aromatic heterocycles. The summed E-state index contributed by atoms with van der Waals surface area (Å²) in [4.78, 5) is 0. The van der Waals surface area contributed by atoms with Crippen molar-refractivity contribution in [2.24, 2.45) is 17.1 Å². The number of nitrogens with two attached hydrogens (primary N) is 1. The third kappa shape index (κ3) is 6.14. The Morgan fingerprint density at radius 2 is 1.24 bits per heavy atom. The maximum absolute atomic E-state index is 12.3. The molecule has 0 aromatic rings. The van der Waals surface area contributed by atoms with Gasteiger partial charge in [0.15, 0.2) is 5.92 Å². The Morgan fingerprint density at radius 3 is 1.47 bits per heavy atom. The molecule has 2 N–H and O–H groups in total. The Kier molecular flexibility index (Phi) is 4.90. The van der Waals surface area contributed by atoms with Crippen LogP contribution in [0, 0.1) is 11.3 Å². The molecule has 1 unspecified atom stereocenters. The standard InChI is InChI=1S/C10H17F6N/c1-8(2,3)5-4-6(17)7(9(11,12)13)10(14,15)16/h6-7H,4-5,17H2,1-3H3. The summed E-state index contributed by atoms with van der Waals surface area (Å²) >= 11 is 0. The lowest BCUT2D eigenvalue weighted by atomic mass is 9.85. The van der Waals surface area contributed by atoms with Crippen LogP contribution >= 0.6 is 0 Å². The smallest absolute Gasteiger partial charge is 0.327 e. The van der Waals surface area contributed by atoms with Gasteiger partial charge in [0.25, 0.3) is 0 Å². The Hall–Kier alpha value is -0.460. The van der Waals surface area contributed by atoms with E-state index in [1.165, 1.54) is 0 Å². The minimum atomic E-state index is -5.35. The van der Waals surface area contributed by atoms with Gasteiger partial charge in [-0.05, 0) is 18.3 Å². The lowest BCUT2D eigenvalue weighted by Gasteiger charge is -2.30. The second kappa shape index (κ2) is 5.04. The van der Waals surface area contributed by atoms with Crippen LogP contribution in [0.15, 0.2) is 0 Å². The van der Waals surface area contributed by atoms with Crippen LogP contribution in [-0.4, -0.2) is 18.4 Å². The minimum absolute atomic E-state index is 0.205. The highest BCUT2D eigenvalue weighted by molar-refractivity contribution is 4.85. The lowest BCUT2D eigenvalue weighted by Crippen LogP contribution is -2.49. The Labute approximate surface area is 96.4 Å². The highest BCUT2D eigenvalue weighted by atomic mass is 19.4. The molecule has 0 saturated carbocycles. The first kappa shape index (κ1) is 16.5. The molecule has 1 atom stereocenters. The monoisotopic (exact) mass is 265 g/mol. The van der Waals surface area contributed by atoms with Crippen LogP contribution in [-0.2, 0) is 0 Å². The highest BCUT2D eigenvalue weighted by Gasteiger charge is 2.59. The van der Waals surface area contributed by atoms with Crippen molar-refractivity contribution in [1.82, 2.24) is 0 Å². The van der Waals surface area contributed by atoms with Gasteiger partial charge < -0.3 is 5.73 Å². The molecular weight excluding hydrogens is 248 g/mol. The summed E-state index contributed by atoms with van der Waals surface area (Å²) in [6, 6.07) is -1.95. The molecule has 104 valence electrons. The Balaban J connectivity index is 4.74. The van der Waals surface area contributed by atoms with Crippen LogP contribution in [0.5, 0.6) is 0 Å². The van der Waals surface area contributed by atoms with Crippen molar-refractivity contribution in [3.05, 3.63) is 0 Å². The fourth-order valence-electron chi connectivity index (χ4n) is 1.44. The molecule has 0 aliphatic heterocycles. The van der Waals surface area contributed by atoms with E-state index < -0.39 is 24.3 Å². The van der Waals surface area contributed by atoms with E-state index in [4.69, 9.17) is 5.73 Å². The fraction of sp³-hybridized carbons (Fsp3) is 1.00. The van der Waals surface area contributed by atoms with E-state index in [-0.39, 0.29) is 18.3 Å². The van der Waals surface area contributed by atoms with Crippen LogP contribution in [0.3, 0.4) is 0 Å². The summed E-state index contributed by atoms with van der Waals surface area (Å²) in [6.45, 7) is 5.20. The SMILES string of the molecule is CC(C)(C)CCC(N)C(C(F)(F)F)C(F)(F)F. The average molecular weight is 265 g/mol. The second-order valence-electron chi connectivity index (χ2n) is 5.32. The topological polar surface area (TPSA) is 26.0 Å². The minimum Gasteiger partial charge on any atom is -0.327 e. The van der Waals surface area contributed by atoms with Crippen molar-refractivity contribution in [2.75, 3.05) is 0 Å². The molecule has 0 radical (unpaired) electrons. The zero-order valence-electron chi connectivity index (χ0n) is 9.91. The van der Waals surface area contributed by atoms with Crippen LogP contribution < -0.4 is 5.73 Å². The van der Waals surface area contributed by atoms with Crippen LogP contribution in [0.25, 0.3) is 0 Å². The summed E-state index contributed by atoms with van der Waals surface area (Å²) in [5.74, 6) is -3.45. The van der Waals surface area contributed by atoms with Gasteiger partial charge in [-0.3, -0.25) is 0 Å². The summed E-state index contributed by atoms with van der Waals surface area (Å²) in [5, 5.41) is 0. The van der Waals surface area contributed by atoms with Crippen molar-refractivity contribution in [1.29, 1.82) is 0 Å². The second-order valence-corrected chi connectivity index (χ2v) is 5.32. The van der Waals surface area contributed by atoms with E-state index in [2.05, 4.69) is 0 Å². The molecule has 1 nitrogen and oxygen atoms in total. The molecule has 0 aromatic carbocycles. The lowest BCUT2D eigenvalue weighted by molar-refractivity contribution is -0.289. The molecule has 0 aliphatic rings. The summed E-state index contributed by atoms with van der Waals surface area (Å²) in [5.41, 5.74) is 4.71. The normalized spacial score (nSPS) is 16.4. The van der Waals surface area contributed by atoms with Gasteiger partial charge in [-0.1, -0.05) is 20.8 Å². The van der Waals surface area contributed by atoms with Gasteiger partial charge in [-0.15, -0.1) is 0 Å². The van der Waals surface area contributed by atoms with E-state index >= 15 is 0 Å². The van der Waals surface area contributed by atoms with Crippen molar-refractivity contribution in [2.45, 2.75) is 52.0 Å². The fourth-order valence-corrected chi connectivity index (χ4v) is 1.44. The Morgan fingerprint density at radius 1 is 0.882 bits per heavy atom. The molecule has 0 heterocycles. The van der Waals surface area contributed by atoms with Gasteiger partial charge in [0.2, 0.25) is 0 Å². The van der Waals surface area contributed by atoms with Gasteiger partial charge in [0, 0.05) is 6.04 Å². The van der Waals surface area contributed by atoms with E-state index in [1.807, 2.05) is 0 Å². The molecule has 0 spiro atoms. The van der Waals surface area contributed by atoms with E-state index in [1.54, 1.807) is 20.8 Å². The van der Waals surface area contributed by atoms with Crippen LogP contribution in [0.2, 0.25) is 0 Å². The van der Waals surface area contributed by atoms with E-state index in [9.17, 15) is 26.3 Å². The van der Waals surface area contributed by atoms with E-state index in [0.29, 0.717) is 0 Å². The summed E-state index contributed by atoms with van der Waals surface area (Å²) in [6.07, 6.45) is -10.8. The third-order valence-corrected chi connectivity index (χ3v) is 2.36. The zero-order chi connectivity index (χ0) is 14.1. The molecular formula is C10H17F6N. The number of hydrogen-bond donors (Lipinski definition) is 1. The third-order valence-electron chi connectivity index (χ3n) is 2.36. The van der Waals surface area contributed by atoms with Crippen LogP contribution in [0.1, 0.15) is 33.6 Å². The molecule has 0 bridgehead atoms. The maximum atomic E-state index is 12.3. The molecule has 0 saturated heterocycles. The molecule has 0 fully saturated rings. The van der Waals surface area contributed by atoms with Gasteiger partial charge in [-0.2, -0.15) is 26.3 Å². The number of hydrogen-bond acceptors (Lipinski definition) is 1. The first-order valence-electron chi connectivity index (χ1n) is 5.14. The highest BCUT2D eigenvalue weighted by Crippen LogP contribution is 2.42. The quantitative estimate of drug-likeness (QED) is 0.770. The first-order valence-corrected chi connectivity index (χ1v) is 5.14. The first-order chi connectivity index (χ1) is 7.25. The molecule has 0 aliphatic carbocycles. The van der Waals surface area contributed by atoms with Crippen molar-refractivity contribution < 1.29 is 26.3 Å². The molecule has 7 heteroatoms. The van der Waals surface area contributed by atoms with Crippen LogP contribution in [0.4, 0.5) is 26.3 Å². The predicted octanol–water partition coefficient (Wildman–Crippen LogP) is 3.88. The molecule has 17 heavy (non-hydrogen) atoms. The van der Waals surface area contributed by atoms with Crippen molar-refractivity contribution in [3.63, 3.8) is 0 Å².